The van der Waals surface area contributed by atoms with Crippen LogP contribution in [-0.2, 0) is 80.8 Å². The second kappa shape index (κ2) is 32.9. The molecule has 0 radical (unpaired) electrons. The van der Waals surface area contributed by atoms with Crippen LogP contribution in [0.15, 0.2) is 0 Å². The molecule has 0 aromatic heterocycles. The molecule has 7 aliphatic rings. The lowest BCUT2D eigenvalue weighted by Gasteiger charge is -2.53. The molecule has 0 aliphatic carbocycles. The summed E-state index contributed by atoms with van der Waals surface area (Å²) in [6.45, 7) is -5.09. The largest absolute Gasteiger partial charge is 0.477 e. The van der Waals surface area contributed by atoms with Gasteiger partial charge in [-0.3, -0.25) is 14.4 Å². The predicted octanol–water partition coefficient (Wildman–Crippen LogP) is -16.6. The Hall–Kier alpha value is -3.48. The maximum Gasteiger partial charge on any atom is 0.364 e. The Balaban J connectivity index is 1.30. The molecule has 7 saturated heterocycles. The minimum atomic E-state index is -3.38. The summed E-state index contributed by atoms with van der Waals surface area (Å²) in [5, 5.41) is 246. The molecule has 42 heteroatoms. The maximum atomic E-state index is 13.6. The highest BCUT2D eigenvalue weighted by Crippen LogP contribution is 2.41. The van der Waals surface area contributed by atoms with E-state index in [1.54, 1.807) is 0 Å². The first-order chi connectivity index (χ1) is 43.8. The minimum absolute atomic E-state index is 0.854. The van der Waals surface area contributed by atoms with E-state index in [1.807, 2.05) is 0 Å². The van der Waals surface area contributed by atoms with Crippen molar-refractivity contribution in [2.24, 2.45) is 0 Å². The van der Waals surface area contributed by atoms with E-state index in [0.717, 1.165) is 20.8 Å². The standard InChI is InChI=1S/C51H85N3O39/c1-12(61)52-23-15(64)4-51(50(79)80,93-41(23)26(66)16(65)5-55)92-39-21(10-60)86-46(25(54-14(3)63)42(39)90-48-36(76)32(72)28(68)18(7-57)85-48)91-43-30(70)22(87-49(37(43)77)88-38-20(9-59)82-44(78)34(74)33(38)73)11-81-45-24(53-13(2)62)40(29(69)19(8-58)83-45)89-47-35(75)31(71)27(67)17(6-56)84-47/h15-49,55-60,64-78H,4-11H2,1-3H3,(H,52,61)(H,53,62)(H,54,63)(H,79,80)/t15-,16+,17+,18+,19+,20+,21+,22+,23+,24+,25+,26+,27-,28-,29+,30-,31-,32-,33+,34+,35+,36-,37+,38+,39+,40+,41+,42+,43-,44?,45?,46?,47?,48?,49?,51?/m0/s1. The molecule has 0 aromatic rings. The van der Waals surface area contributed by atoms with Crippen molar-refractivity contribution >= 4 is 23.7 Å². The Morgan fingerprint density at radius 1 is 0.441 bits per heavy atom. The number of carboxylic acid groups (broad SMARTS) is 1. The zero-order valence-corrected chi connectivity index (χ0v) is 49.6. The molecule has 7 rings (SSSR count). The molecule has 25 N–H and O–H groups in total. The first kappa shape index (κ1) is 76.9. The number of carbonyl (C=O) groups is 4. The van der Waals surface area contributed by atoms with Crippen molar-refractivity contribution in [2.75, 3.05) is 46.2 Å². The van der Waals surface area contributed by atoms with Gasteiger partial charge in [0, 0.05) is 27.2 Å². The molecule has 7 aliphatic heterocycles. The lowest BCUT2D eigenvalue weighted by Crippen LogP contribution is -2.73. The molecule has 7 fully saturated rings. The molecule has 0 bridgehead atoms. The topological polar surface area (TPSA) is 669 Å². The van der Waals surface area contributed by atoms with Gasteiger partial charge in [0.05, 0.1) is 58.4 Å². The summed E-state index contributed by atoms with van der Waals surface area (Å²) in [6, 6.07) is -5.77. The monoisotopic (exact) mass is 1360 g/mol. The normalized spacial score (nSPS) is 47.2. The van der Waals surface area contributed by atoms with E-state index < -0.39 is 297 Å². The van der Waals surface area contributed by atoms with Crippen molar-refractivity contribution in [3.05, 3.63) is 0 Å². The number of hydrogen-bond acceptors (Lipinski definition) is 38. The molecule has 0 spiro atoms. The van der Waals surface area contributed by atoms with E-state index in [1.165, 1.54) is 0 Å². The molecule has 0 aromatic carbocycles. The fraction of sp³-hybridized carbons (Fsp3) is 0.922. The highest BCUT2D eigenvalue weighted by Gasteiger charge is 2.63. The maximum absolute atomic E-state index is 13.6. The van der Waals surface area contributed by atoms with Crippen LogP contribution in [0.2, 0.25) is 0 Å². The molecular formula is C51H85N3O39. The van der Waals surface area contributed by atoms with Gasteiger partial charge in [-0.05, 0) is 0 Å². The van der Waals surface area contributed by atoms with Crippen molar-refractivity contribution in [1.29, 1.82) is 0 Å². The third-order valence-corrected chi connectivity index (χ3v) is 16.7. The van der Waals surface area contributed by atoms with E-state index in [2.05, 4.69) is 16.0 Å². The van der Waals surface area contributed by atoms with Gasteiger partial charge in [0.15, 0.2) is 37.7 Å². The summed E-state index contributed by atoms with van der Waals surface area (Å²) >= 11 is 0. The first-order valence-corrected chi connectivity index (χ1v) is 29.2. The average molecular weight is 1360 g/mol. The van der Waals surface area contributed by atoms with Crippen LogP contribution in [0.25, 0.3) is 0 Å². The molecule has 42 nitrogen and oxygen atoms in total. The van der Waals surface area contributed by atoms with E-state index in [-0.39, 0.29) is 0 Å². The molecule has 538 valence electrons. The third-order valence-electron chi connectivity index (χ3n) is 16.7. The number of ether oxygens (including phenoxy) is 13. The van der Waals surface area contributed by atoms with E-state index in [4.69, 9.17) is 61.6 Å². The van der Waals surface area contributed by atoms with Gasteiger partial charge < -0.3 is 190 Å². The number of rotatable bonds is 25. The zero-order valence-electron chi connectivity index (χ0n) is 49.6. The Bertz CT molecular complexity index is 2410. The Labute approximate surface area is 525 Å². The molecule has 3 amide bonds. The van der Waals surface area contributed by atoms with Crippen LogP contribution in [0.3, 0.4) is 0 Å². The van der Waals surface area contributed by atoms with Crippen molar-refractivity contribution < 1.29 is 193 Å². The average Bonchev–Trinajstić information content (AvgIpc) is 0.763. The van der Waals surface area contributed by atoms with Gasteiger partial charge in [0.2, 0.25) is 17.7 Å². The van der Waals surface area contributed by atoms with Crippen LogP contribution < -0.4 is 16.0 Å². The van der Waals surface area contributed by atoms with Crippen molar-refractivity contribution in [3.8, 4) is 0 Å². The van der Waals surface area contributed by atoms with E-state index in [9.17, 15) is 132 Å². The summed E-state index contributed by atoms with van der Waals surface area (Å²) < 4.78 is 76.3. The van der Waals surface area contributed by atoms with Crippen LogP contribution in [0.5, 0.6) is 0 Å². The molecule has 0 saturated carbocycles. The lowest BCUT2D eigenvalue weighted by molar-refractivity contribution is -0.397. The van der Waals surface area contributed by atoms with Crippen molar-refractivity contribution in [3.63, 3.8) is 0 Å². The van der Waals surface area contributed by atoms with Crippen LogP contribution in [0.4, 0.5) is 0 Å². The Morgan fingerprint density at radius 2 is 0.860 bits per heavy atom. The van der Waals surface area contributed by atoms with E-state index in [0.29, 0.717) is 0 Å². The Morgan fingerprint density at radius 3 is 1.37 bits per heavy atom. The van der Waals surface area contributed by atoms with Gasteiger partial charge >= 0.3 is 5.97 Å². The second-order valence-electron chi connectivity index (χ2n) is 23.2. The van der Waals surface area contributed by atoms with Gasteiger partial charge in [0.25, 0.3) is 5.79 Å². The van der Waals surface area contributed by atoms with Gasteiger partial charge in [-0.25, -0.2) is 4.79 Å². The van der Waals surface area contributed by atoms with Crippen LogP contribution in [-0.4, -0.2) is 403 Å². The lowest BCUT2D eigenvalue weighted by atomic mass is 9.88. The van der Waals surface area contributed by atoms with Crippen LogP contribution in [0, 0.1) is 0 Å². The van der Waals surface area contributed by atoms with Gasteiger partial charge in [0.1, 0.15) is 165 Å². The van der Waals surface area contributed by atoms with Gasteiger partial charge in [-0.15, -0.1) is 0 Å². The number of aliphatic carboxylic acids is 1. The fourth-order valence-corrected chi connectivity index (χ4v) is 11.8. The second-order valence-corrected chi connectivity index (χ2v) is 23.2. The van der Waals surface area contributed by atoms with Gasteiger partial charge in [-0.1, -0.05) is 0 Å². The number of aliphatic hydroxyl groups is 21. The van der Waals surface area contributed by atoms with Gasteiger partial charge in [-0.2, -0.15) is 0 Å². The minimum Gasteiger partial charge on any atom is -0.477 e. The molecule has 7 unspecified atom stereocenters. The summed E-state index contributed by atoms with van der Waals surface area (Å²) in [6.07, 6.45) is -69.4. The number of hydrogen-bond donors (Lipinski definition) is 25. The molecule has 7 heterocycles. The van der Waals surface area contributed by atoms with Crippen LogP contribution in [0.1, 0.15) is 27.2 Å². The quantitative estimate of drug-likeness (QED) is 0.0404. The highest BCUT2D eigenvalue weighted by molar-refractivity contribution is 5.77. The SMILES string of the molecule is CC(=O)N[C@H]1[C@H]([C@H](O)[C@H](O)CO)OC(O[C@H]2[C@H](OC3O[C@H](CO)[C@H](O)[C@H](O)[C@@H]3O)[C@@H](NC(C)=O)C(O[C@H]3[C@@H](O)[C@@H](COC4O[C@H](CO)[C@@H](O)[C@H](OC5O[C@H](CO)[C@H](O)[C@H](O)[C@H]5O)[C@H]4NC(C)=O)OC(O[C@H]4[C@H](O)[C@@H](O)C(O)O[C@@H]4CO)[C@@H]3O)O[C@@H]2CO)(C(=O)O)C[C@@H]1O. The molecule has 36 atom stereocenters. The predicted molar refractivity (Wildman–Crippen MR) is 284 cm³/mol. The summed E-state index contributed by atoms with van der Waals surface area (Å²) in [4.78, 5) is 52.2. The smallest absolute Gasteiger partial charge is 0.364 e. The third kappa shape index (κ3) is 16.8. The number of amides is 3. The number of carbonyl (C=O) groups excluding carboxylic acids is 3. The van der Waals surface area contributed by atoms with Crippen LogP contribution >= 0.6 is 0 Å². The first-order valence-electron chi connectivity index (χ1n) is 29.2. The number of carboxylic acids is 1. The fourth-order valence-electron chi connectivity index (χ4n) is 11.8. The number of nitrogens with one attached hydrogen (secondary N) is 3. The van der Waals surface area contributed by atoms with E-state index >= 15 is 0 Å². The summed E-state index contributed by atoms with van der Waals surface area (Å²) in [5.74, 6) is -8.44. The summed E-state index contributed by atoms with van der Waals surface area (Å²) in [7, 11) is 0. The zero-order chi connectivity index (χ0) is 69.0. The van der Waals surface area contributed by atoms with Crippen molar-refractivity contribution in [1.82, 2.24) is 16.0 Å². The molecular weight excluding hydrogens is 1280 g/mol. The number of aliphatic hydroxyl groups excluding tert-OH is 21. The highest BCUT2D eigenvalue weighted by atomic mass is 16.8. The van der Waals surface area contributed by atoms with Crippen molar-refractivity contribution in [2.45, 2.75) is 248 Å². The Kier molecular flexibility index (Phi) is 27.2. The summed E-state index contributed by atoms with van der Waals surface area (Å²) in [5.41, 5.74) is 0. The molecule has 93 heavy (non-hydrogen) atoms.